The number of benzene rings is 2. The van der Waals surface area contributed by atoms with Crippen LogP contribution >= 0.6 is 11.3 Å². The minimum absolute atomic E-state index is 0.270. The smallest absolute Gasteiger partial charge is 0.261 e. The number of carbonyl (C=O) groups is 1. The highest BCUT2D eigenvalue weighted by Gasteiger charge is 2.13. The van der Waals surface area contributed by atoms with Crippen LogP contribution in [0, 0.1) is 11.3 Å². The Morgan fingerprint density at radius 2 is 1.96 bits per heavy atom. The highest BCUT2D eigenvalue weighted by molar-refractivity contribution is 7.14. The molecule has 0 aliphatic heterocycles. The number of nitrogens with zero attached hydrogens (tertiary/aromatic N) is 2. The zero-order chi connectivity index (χ0) is 16.9. The predicted molar refractivity (Wildman–Crippen MR) is 93.2 cm³/mol. The third kappa shape index (κ3) is 3.26. The second-order valence-electron chi connectivity index (χ2n) is 4.88. The number of hydrogen-bond donors (Lipinski definition) is 1. The van der Waals surface area contributed by atoms with Crippen molar-refractivity contribution in [3.05, 3.63) is 65.0 Å². The zero-order valence-corrected chi connectivity index (χ0v) is 13.6. The lowest BCUT2D eigenvalue weighted by atomic mass is 10.1. The lowest BCUT2D eigenvalue weighted by Gasteiger charge is -2.07. The van der Waals surface area contributed by atoms with Gasteiger partial charge in [0.05, 0.1) is 30.0 Å². The van der Waals surface area contributed by atoms with Crippen LogP contribution < -0.4 is 10.1 Å². The summed E-state index contributed by atoms with van der Waals surface area (Å²) < 4.78 is 5.20. The first kappa shape index (κ1) is 15.7. The highest BCUT2D eigenvalue weighted by atomic mass is 32.1. The summed E-state index contributed by atoms with van der Waals surface area (Å²) in [5.74, 6) is 0.243. The van der Waals surface area contributed by atoms with Crippen LogP contribution in [-0.4, -0.2) is 18.0 Å². The summed E-state index contributed by atoms with van der Waals surface area (Å²) in [6, 6.07) is 16.2. The molecular formula is C18H13N3O2S. The number of rotatable bonds is 4. The van der Waals surface area contributed by atoms with Gasteiger partial charge in [0, 0.05) is 10.9 Å². The number of para-hydroxylation sites is 1. The number of anilines is 1. The molecular weight excluding hydrogens is 322 g/mol. The molecule has 0 saturated heterocycles. The topological polar surface area (TPSA) is 75.0 Å². The van der Waals surface area contributed by atoms with Crippen LogP contribution in [-0.2, 0) is 0 Å². The number of nitrogens with one attached hydrogen (secondary N) is 1. The lowest BCUT2D eigenvalue weighted by molar-refractivity contribution is 0.102. The molecule has 0 spiro atoms. The molecule has 0 radical (unpaired) electrons. The van der Waals surface area contributed by atoms with Crippen LogP contribution in [0.2, 0.25) is 0 Å². The Kier molecular flexibility index (Phi) is 4.54. The van der Waals surface area contributed by atoms with Crippen LogP contribution in [0.3, 0.4) is 0 Å². The Morgan fingerprint density at radius 3 is 2.67 bits per heavy atom. The summed E-state index contributed by atoms with van der Waals surface area (Å²) in [5.41, 5.74) is 2.69. The van der Waals surface area contributed by atoms with Crippen molar-refractivity contribution < 1.29 is 9.53 Å². The SMILES string of the molecule is COc1ccccc1C(=O)Nc1nc(-c2ccc(C#N)cc2)cs1. The first-order valence-corrected chi connectivity index (χ1v) is 7.99. The third-order valence-electron chi connectivity index (χ3n) is 3.39. The van der Waals surface area contributed by atoms with E-state index in [1.54, 1.807) is 30.3 Å². The Hall–Kier alpha value is -3.17. The molecule has 6 heteroatoms. The maximum Gasteiger partial charge on any atom is 0.261 e. The predicted octanol–water partition coefficient (Wildman–Crippen LogP) is 3.94. The van der Waals surface area contributed by atoms with Gasteiger partial charge < -0.3 is 4.74 Å². The van der Waals surface area contributed by atoms with Gasteiger partial charge in [-0.15, -0.1) is 11.3 Å². The van der Waals surface area contributed by atoms with Crippen LogP contribution in [0.5, 0.6) is 5.75 Å². The largest absolute Gasteiger partial charge is 0.496 e. The number of nitriles is 1. The van der Waals surface area contributed by atoms with Crippen molar-refractivity contribution in [3.63, 3.8) is 0 Å². The van der Waals surface area contributed by atoms with Crippen molar-refractivity contribution in [1.29, 1.82) is 5.26 Å². The standard InChI is InChI=1S/C18H13N3O2S/c1-23-16-5-3-2-4-14(16)17(22)21-18-20-15(11-24-18)13-8-6-12(10-19)7-9-13/h2-9,11H,1H3,(H,20,21,22). The Bertz CT molecular complexity index is 911. The molecule has 1 N–H and O–H groups in total. The third-order valence-corrected chi connectivity index (χ3v) is 4.14. The first-order chi connectivity index (χ1) is 11.7. The number of hydrogen-bond acceptors (Lipinski definition) is 5. The molecule has 24 heavy (non-hydrogen) atoms. The molecule has 3 rings (SSSR count). The molecule has 1 heterocycles. The molecule has 2 aromatic carbocycles. The van der Waals surface area contributed by atoms with Crippen molar-refractivity contribution in [2.45, 2.75) is 0 Å². The van der Waals surface area contributed by atoms with E-state index in [2.05, 4.69) is 16.4 Å². The van der Waals surface area contributed by atoms with Crippen molar-refractivity contribution in [3.8, 4) is 23.1 Å². The molecule has 1 amide bonds. The van der Waals surface area contributed by atoms with Gasteiger partial charge in [0.1, 0.15) is 5.75 Å². The summed E-state index contributed by atoms with van der Waals surface area (Å²) in [4.78, 5) is 16.8. The second-order valence-corrected chi connectivity index (χ2v) is 5.74. The van der Waals surface area contributed by atoms with E-state index in [-0.39, 0.29) is 5.91 Å². The summed E-state index contributed by atoms with van der Waals surface area (Å²) in [6.07, 6.45) is 0. The van der Waals surface area contributed by atoms with E-state index < -0.39 is 0 Å². The number of thiazole rings is 1. The number of amides is 1. The number of aromatic nitrogens is 1. The second kappa shape index (κ2) is 6.94. The zero-order valence-electron chi connectivity index (χ0n) is 12.8. The van der Waals surface area contributed by atoms with Crippen molar-refractivity contribution in [2.24, 2.45) is 0 Å². The van der Waals surface area contributed by atoms with E-state index >= 15 is 0 Å². The van der Waals surface area contributed by atoms with Gasteiger partial charge in [-0.2, -0.15) is 5.26 Å². The van der Waals surface area contributed by atoms with Crippen molar-refractivity contribution in [1.82, 2.24) is 4.98 Å². The van der Waals surface area contributed by atoms with E-state index in [4.69, 9.17) is 10.00 Å². The molecule has 0 aliphatic carbocycles. The Labute approximate surface area is 143 Å². The normalized spacial score (nSPS) is 10.0. The molecule has 0 atom stereocenters. The molecule has 5 nitrogen and oxygen atoms in total. The number of ether oxygens (including phenoxy) is 1. The fraction of sp³-hybridized carbons (Fsp3) is 0.0556. The van der Waals surface area contributed by atoms with Gasteiger partial charge in [-0.3, -0.25) is 10.1 Å². The monoisotopic (exact) mass is 335 g/mol. The van der Waals surface area contributed by atoms with Crippen LogP contribution in [0.25, 0.3) is 11.3 Å². The van der Waals surface area contributed by atoms with Crippen LogP contribution in [0.1, 0.15) is 15.9 Å². The summed E-state index contributed by atoms with van der Waals surface area (Å²) >= 11 is 1.34. The lowest BCUT2D eigenvalue weighted by Crippen LogP contribution is -2.12. The number of carbonyl (C=O) groups excluding carboxylic acids is 1. The van der Waals surface area contributed by atoms with Gasteiger partial charge in [0.15, 0.2) is 5.13 Å². The fourth-order valence-corrected chi connectivity index (χ4v) is 2.89. The molecule has 0 saturated carbocycles. The minimum atomic E-state index is -0.270. The highest BCUT2D eigenvalue weighted by Crippen LogP contribution is 2.26. The van der Waals surface area contributed by atoms with Crippen molar-refractivity contribution in [2.75, 3.05) is 12.4 Å². The molecule has 3 aromatic rings. The Morgan fingerprint density at radius 1 is 1.21 bits per heavy atom. The van der Waals surface area contributed by atoms with Gasteiger partial charge in [-0.25, -0.2) is 4.98 Å². The average Bonchev–Trinajstić information content (AvgIpc) is 3.10. The quantitative estimate of drug-likeness (QED) is 0.783. The molecule has 118 valence electrons. The minimum Gasteiger partial charge on any atom is -0.496 e. The van der Waals surface area contributed by atoms with E-state index in [1.165, 1.54) is 18.4 Å². The molecule has 0 fully saturated rings. The maximum absolute atomic E-state index is 12.4. The average molecular weight is 335 g/mol. The van der Waals surface area contributed by atoms with Gasteiger partial charge in [0.25, 0.3) is 5.91 Å². The summed E-state index contributed by atoms with van der Waals surface area (Å²) in [6.45, 7) is 0. The number of methoxy groups -OCH3 is 1. The summed E-state index contributed by atoms with van der Waals surface area (Å²) in [5, 5.41) is 14.0. The van der Waals surface area contributed by atoms with Crippen LogP contribution in [0.15, 0.2) is 53.9 Å². The molecule has 1 aromatic heterocycles. The van der Waals surface area contributed by atoms with E-state index in [9.17, 15) is 4.79 Å². The van der Waals surface area contributed by atoms with E-state index in [1.807, 2.05) is 23.6 Å². The maximum atomic E-state index is 12.4. The van der Waals surface area contributed by atoms with Gasteiger partial charge >= 0.3 is 0 Å². The Balaban J connectivity index is 1.78. The van der Waals surface area contributed by atoms with Crippen molar-refractivity contribution >= 4 is 22.4 Å². The van der Waals surface area contributed by atoms with Crippen LogP contribution in [0.4, 0.5) is 5.13 Å². The van der Waals surface area contributed by atoms with E-state index in [0.717, 1.165) is 11.3 Å². The fourth-order valence-electron chi connectivity index (χ4n) is 2.18. The van der Waals surface area contributed by atoms with Gasteiger partial charge in [-0.1, -0.05) is 24.3 Å². The van der Waals surface area contributed by atoms with Gasteiger partial charge in [-0.05, 0) is 24.3 Å². The molecule has 0 bridgehead atoms. The molecule has 0 unspecified atom stereocenters. The molecule has 0 aliphatic rings. The first-order valence-electron chi connectivity index (χ1n) is 7.11. The summed E-state index contributed by atoms with van der Waals surface area (Å²) in [7, 11) is 1.53. The van der Waals surface area contributed by atoms with E-state index in [0.29, 0.717) is 22.0 Å². The van der Waals surface area contributed by atoms with Gasteiger partial charge in [0.2, 0.25) is 0 Å².